The quantitative estimate of drug-likeness (QED) is 0.804. The maximum atomic E-state index is 12.8. The molecule has 1 aliphatic heterocycles. The molecule has 0 spiro atoms. The summed E-state index contributed by atoms with van der Waals surface area (Å²) >= 11 is 0. The van der Waals surface area contributed by atoms with Gasteiger partial charge in [0, 0.05) is 32.2 Å². The monoisotopic (exact) mass is 363 g/mol. The Labute approximate surface area is 157 Å². The van der Waals surface area contributed by atoms with Crippen molar-refractivity contribution in [3.63, 3.8) is 0 Å². The predicted molar refractivity (Wildman–Crippen MR) is 103 cm³/mol. The van der Waals surface area contributed by atoms with Gasteiger partial charge in [0.2, 0.25) is 5.91 Å². The highest BCUT2D eigenvalue weighted by Gasteiger charge is 2.34. The number of carbonyl (C=O) groups is 1. The molecule has 1 atom stereocenters. The highest BCUT2D eigenvalue weighted by Crippen LogP contribution is 2.29. The van der Waals surface area contributed by atoms with Gasteiger partial charge in [-0.05, 0) is 36.5 Å². The zero-order chi connectivity index (χ0) is 19.3. The first kappa shape index (κ1) is 20.5. The van der Waals surface area contributed by atoms with E-state index in [2.05, 4.69) is 18.7 Å². The number of hydrogen-bond acceptors (Lipinski definition) is 5. The number of hydrogen-bond donors (Lipinski definition) is 1. The van der Waals surface area contributed by atoms with Crippen LogP contribution in [0.3, 0.4) is 0 Å². The molecule has 6 nitrogen and oxygen atoms in total. The third kappa shape index (κ3) is 4.89. The average molecular weight is 364 g/mol. The second-order valence-corrected chi connectivity index (χ2v) is 7.69. The topological polar surface area (TPSA) is 68.0 Å². The Bertz CT molecular complexity index is 618. The third-order valence-corrected chi connectivity index (χ3v) is 5.31. The molecular formula is C20H33N3O3. The molecule has 6 heteroatoms. The number of rotatable bonds is 7. The lowest BCUT2D eigenvalue weighted by atomic mass is 9.80. The van der Waals surface area contributed by atoms with Crippen LogP contribution in [0.4, 0.5) is 0 Å². The summed E-state index contributed by atoms with van der Waals surface area (Å²) in [6.07, 6.45) is 0.933. The maximum Gasteiger partial charge on any atom is 0.237 e. The number of ether oxygens (including phenoxy) is 2. The van der Waals surface area contributed by atoms with Crippen molar-refractivity contribution < 1.29 is 14.3 Å². The third-order valence-electron chi connectivity index (χ3n) is 5.31. The van der Waals surface area contributed by atoms with Crippen LogP contribution in [0.25, 0.3) is 0 Å². The molecule has 146 valence electrons. The second kappa shape index (κ2) is 8.73. The lowest BCUT2D eigenvalue weighted by Gasteiger charge is -2.42. The van der Waals surface area contributed by atoms with E-state index >= 15 is 0 Å². The van der Waals surface area contributed by atoms with Crippen LogP contribution in [0, 0.1) is 5.41 Å². The van der Waals surface area contributed by atoms with Crippen molar-refractivity contribution in [1.29, 1.82) is 0 Å². The Kier molecular flexibility index (Phi) is 6.89. The molecule has 0 radical (unpaired) electrons. The van der Waals surface area contributed by atoms with Crippen LogP contribution in [0.5, 0.6) is 11.5 Å². The molecule has 0 saturated carbocycles. The fourth-order valence-corrected chi connectivity index (χ4v) is 3.49. The van der Waals surface area contributed by atoms with E-state index in [0.717, 1.165) is 25.1 Å². The number of amides is 1. The van der Waals surface area contributed by atoms with Crippen LogP contribution in [0.1, 0.15) is 32.8 Å². The Balaban J connectivity index is 2.01. The molecule has 1 aliphatic rings. The minimum Gasteiger partial charge on any atom is -0.493 e. The van der Waals surface area contributed by atoms with Crippen molar-refractivity contribution in [2.45, 2.75) is 39.8 Å². The molecule has 1 fully saturated rings. The number of benzene rings is 1. The van der Waals surface area contributed by atoms with Crippen LogP contribution in [-0.2, 0) is 11.3 Å². The fraction of sp³-hybridized carbons (Fsp3) is 0.650. The number of carbonyl (C=O) groups excluding carboxylic acids is 1. The van der Waals surface area contributed by atoms with Crippen LogP contribution >= 0.6 is 0 Å². The average Bonchev–Trinajstić information content (AvgIpc) is 2.62. The first-order valence-corrected chi connectivity index (χ1v) is 9.27. The minimum absolute atomic E-state index is 0.0406. The lowest BCUT2D eigenvalue weighted by Crippen LogP contribution is -2.54. The molecular weight excluding hydrogens is 330 g/mol. The van der Waals surface area contributed by atoms with E-state index in [1.54, 1.807) is 14.2 Å². The molecule has 1 aromatic rings. The van der Waals surface area contributed by atoms with E-state index in [9.17, 15) is 4.79 Å². The van der Waals surface area contributed by atoms with Crippen LogP contribution in [0.2, 0.25) is 0 Å². The molecule has 26 heavy (non-hydrogen) atoms. The molecule has 0 aromatic heterocycles. The van der Waals surface area contributed by atoms with E-state index in [0.29, 0.717) is 31.1 Å². The summed E-state index contributed by atoms with van der Waals surface area (Å²) in [5.74, 6) is 1.52. The Morgan fingerprint density at radius 3 is 2.58 bits per heavy atom. The normalized spacial score (nSPS) is 19.8. The molecule has 2 rings (SSSR count). The number of likely N-dealkylation sites (tertiary alicyclic amines) is 1. The number of methoxy groups -OCH3 is 2. The highest BCUT2D eigenvalue weighted by atomic mass is 16.5. The predicted octanol–water partition coefficient (Wildman–Crippen LogP) is 2.11. The number of likely N-dealkylation sites (N-methyl/N-ethyl adjacent to an activating group) is 1. The van der Waals surface area contributed by atoms with Crippen molar-refractivity contribution in [2.24, 2.45) is 11.1 Å². The van der Waals surface area contributed by atoms with Crippen molar-refractivity contribution in [3.05, 3.63) is 23.8 Å². The van der Waals surface area contributed by atoms with Gasteiger partial charge in [-0.15, -0.1) is 0 Å². The summed E-state index contributed by atoms with van der Waals surface area (Å²) < 4.78 is 10.6. The van der Waals surface area contributed by atoms with Gasteiger partial charge >= 0.3 is 0 Å². The van der Waals surface area contributed by atoms with Crippen LogP contribution < -0.4 is 15.2 Å². The summed E-state index contributed by atoms with van der Waals surface area (Å²) in [6.45, 7) is 9.77. The molecule has 1 saturated heterocycles. The molecule has 1 amide bonds. The largest absolute Gasteiger partial charge is 0.493 e. The fourth-order valence-electron chi connectivity index (χ4n) is 3.49. The Morgan fingerprint density at radius 2 is 2.00 bits per heavy atom. The van der Waals surface area contributed by atoms with Gasteiger partial charge in [0.1, 0.15) is 0 Å². The number of nitrogens with two attached hydrogens (primary N) is 1. The standard InChI is InChI=1S/C20H33N3O3/c1-6-23(12-15-7-8-16(25-4)17(11-15)26-5)19(24)13-22-10-9-18(21)20(2,3)14-22/h7-8,11,18H,6,9-10,12-14,21H2,1-5H3. The number of piperidine rings is 1. The first-order valence-electron chi connectivity index (χ1n) is 9.27. The van der Waals surface area contributed by atoms with Gasteiger partial charge in [0.25, 0.3) is 0 Å². The lowest BCUT2D eigenvalue weighted by molar-refractivity contribution is -0.133. The number of nitrogens with zero attached hydrogens (tertiary/aromatic N) is 2. The molecule has 1 unspecified atom stereocenters. The zero-order valence-electron chi connectivity index (χ0n) is 16.7. The van der Waals surface area contributed by atoms with Gasteiger partial charge in [-0.3, -0.25) is 9.69 Å². The van der Waals surface area contributed by atoms with Crippen LogP contribution in [-0.4, -0.2) is 62.1 Å². The second-order valence-electron chi connectivity index (χ2n) is 7.69. The molecule has 0 aliphatic carbocycles. The van der Waals surface area contributed by atoms with Crippen LogP contribution in [0.15, 0.2) is 18.2 Å². The summed E-state index contributed by atoms with van der Waals surface area (Å²) in [5, 5.41) is 0. The summed E-state index contributed by atoms with van der Waals surface area (Å²) in [4.78, 5) is 16.9. The van der Waals surface area contributed by atoms with E-state index < -0.39 is 0 Å². The van der Waals surface area contributed by atoms with Crippen molar-refractivity contribution >= 4 is 5.91 Å². The minimum atomic E-state index is 0.0406. The summed E-state index contributed by atoms with van der Waals surface area (Å²) in [6, 6.07) is 5.97. The van der Waals surface area contributed by atoms with Gasteiger partial charge in [0.15, 0.2) is 11.5 Å². The molecule has 1 aromatic carbocycles. The van der Waals surface area contributed by atoms with Gasteiger partial charge in [-0.25, -0.2) is 0 Å². The summed E-state index contributed by atoms with van der Waals surface area (Å²) in [7, 11) is 3.23. The van der Waals surface area contributed by atoms with E-state index in [1.165, 1.54) is 0 Å². The zero-order valence-corrected chi connectivity index (χ0v) is 16.7. The Morgan fingerprint density at radius 1 is 1.31 bits per heavy atom. The van der Waals surface area contributed by atoms with E-state index in [-0.39, 0.29) is 17.4 Å². The van der Waals surface area contributed by atoms with Crippen molar-refractivity contribution in [2.75, 3.05) is 40.4 Å². The highest BCUT2D eigenvalue weighted by molar-refractivity contribution is 5.78. The van der Waals surface area contributed by atoms with Crippen molar-refractivity contribution in [1.82, 2.24) is 9.80 Å². The van der Waals surface area contributed by atoms with Gasteiger partial charge in [0.05, 0.1) is 20.8 Å². The summed E-state index contributed by atoms with van der Waals surface area (Å²) in [5.41, 5.74) is 7.27. The smallest absolute Gasteiger partial charge is 0.237 e. The van der Waals surface area contributed by atoms with Gasteiger partial charge in [-0.2, -0.15) is 0 Å². The van der Waals surface area contributed by atoms with E-state index in [4.69, 9.17) is 15.2 Å². The maximum absolute atomic E-state index is 12.8. The molecule has 1 heterocycles. The van der Waals surface area contributed by atoms with Gasteiger partial charge in [-0.1, -0.05) is 19.9 Å². The molecule has 2 N–H and O–H groups in total. The Hall–Kier alpha value is -1.79. The molecule has 0 bridgehead atoms. The SMILES string of the molecule is CCN(Cc1ccc(OC)c(OC)c1)C(=O)CN1CCC(N)C(C)(C)C1. The van der Waals surface area contributed by atoms with Gasteiger partial charge < -0.3 is 20.1 Å². The first-order chi connectivity index (χ1) is 12.3. The van der Waals surface area contributed by atoms with E-state index in [1.807, 2.05) is 30.0 Å². The van der Waals surface area contributed by atoms with Crippen molar-refractivity contribution in [3.8, 4) is 11.5 Å².